The Morgan fingerprint density at radius 3 is 2.79 bits per heavy atom. The molecule has 2 aliphatic rings. The van der Waals surface area contributed by atoms with E-state index in [-0.39, 0.29) is 36.0 Å². The normalized spacial score (nSPS) is 25.2. The number of amides is 1. The molecule has 142 valence electrons. The van der Waals surface area contributed by atoms with Gasteiger partial charge in [-0.15, -0.1) is 12.4 Å². The van der Waals surface area contributed by atoms with Crippen LogP contribution in [0.5, 0.6) is 0 Å². The summed E-state index contributed by atoms with van der Waals surface area (Å²) in [5.74, 6) is 0.375. The van der Waals surface area contributed by atoms with E-state index in [0.717, 1.165) is 32.2 Å². The molecule has 2 aliphatic heterocycles. The van der Waals surface area contributed by atoms with Crippen LogP contribution in [-0.4, -0.2) is 70.3 Å². The number of rotatable bonds is 8. The third kappa shape index (κ3) is 6.48. The molecule has 0 bridgehead atoms. The number of hydrogen-bond acceptors (Lipinski definition) is 5. The molecule has 0 saturated carbocycles. The number of halogens is 1. The lowest BCUT2D eigenvalue weighted by Crippen LogP contribution is -2.47. The lowest BCUT2D eigenvalue weighted by atomic mass is 9.99. The van der Waals surface area contributed by atoms with Crippen molar-refractivity contribution in [3.8, 4) is 0 Å². The molecule has 2 atom stereocenters. The predicted molar refractivity (Wildman–Crippen MR) is 95.9 cm³/mol. The smallest absolute Gasteiger partial charge is 0.237 e. The molecule has 7 nitrogen and oxygen atoms in total. The topological polar surface area (TPSA) is 87.7 Å². The van der Waals surface area contributed by atoms with Crippen molar-refractivity contribution in [3.63, 3.8) is 0 Å². The van der Waals surface area contributed by atoms with Crippen LogP contribution in [-0.2, 0) is 19.6 Å². The van der Waals surface area contributed by atoms with E-state index in [2.05, 4.69) is 10.6 Å². The van der Waals surface area contributed by atoms with E-state index < -0.39 is 10.0 Å². The number of piperidine rings is 1. The molecule has 2 saturated heterocycles. The molecule has 2 rings (SSSR count). The maximum atomic E-state index is 12.3. The van der Waals surface area contributed by atoms with Gasteiger partial charge in [-0.2, -0.15) is 0 Å². The van der Waals surface area contributed by atoms with Crippen molar-refractivity contribution in [3.05, 3.63) is 0 Å². The molecule has 2 fully saturated rings. The summed E-state index contributed by atoms with van der Waals surface area (Å²) in [6.07, 6.45) is 4.25. The fourth-order valence-corrected chi connectivity index (χ4v) is 4.82. The second-order valence-corrected chi connectivity index (χ2v) is 8.51. The Morgan fingerprint density at radius 2 is 2.12 bits per heavy atom. The third-order valence-electron chi connectivity index (χ3n) is 4.57. The monoisotopic (exact) mass is 383 g/mol. The Balaban J connectivity index is 0.00000288. The summed E-state index contributed by atoms with van der Waals surface area (Å²) in [6.45, 7) is 3.01. The van der Waals surface area contributed by atoms with Crippen LogP contribution in [0.4, 0.5) is 0 Å². The van der Waals surface area contributed by atoms with Crippen LogP contribution in [0.15, 0.2) is 0 Å². The first-order chi connectivity index (χ1) is 11.0. The number of carbonyl (C=O) groups is 1. The van der Waals surface area contributed by atoms with Gasteiger partial charge in [0, 0.05) is 33.4 Å². The van der Waals surface area contributed by atoms with Crippen molar-refractivity contribution in [2.75, 3.05) is 45.6 Å². The SMILES string of the molecule is COCCCS(=O)(=O)N1CCCC(CNC(=O)C2CCCN2)C1.Cl. The fraction of sp³-hybridized carbons (Fsp3) is 0.933. The molecule has 0 aromatic heterocycles. The highest BCUT2D eigenvalue weighted by Crippen LogP contribution is 2.19. The lowest BCUT2D eigenvalue weighted by molar-refractivity contribution is -0.123. The molecule has 2 N–H and O–H groups in total. The molecule has 9 heteroatoms. The number of nitrogens with one attached hydrogen (secondary N) is 2. The molecule has 0 aromatic carbocycles. The number of sulfonamides is 1. The second kappa shape index (κ2) is 10.6. The van der Waals surface area contributed by atoms with Crippen molar-refractivity contribution in [1.82, 2.24) is 14.9 Å². The molecule has 24 heavy (non-hydrogen) atoms. The van der Waals surface area contributed by atoms with Gasteiger partial charge in [0.1, 0.15) is 0 Å². The fourth-order valence-electron chi connectivity index (χ4n) is 3.24. The summed E-state index contributed by atoms with van der Waals surface area (Å²) >= 11 is 0. The van der Waals surface area contributed by atoms with E-state index in [4.69, 9.17) is 4.74 Å². The Bertz CT molecular complexity index is 483. The summed E-state index contributed by atoms with van der Waals surface area (Å²) in [5, 5.41) is 6.15. The van der Waals surface area contributed by atoms with Gasteiger partial charge in [0.15, 0.2) is 0 Å². The minimum absolute atomic E-state index is 0. The van der Waals surface area contributed by atoms with Crippen LogP contribution in [0, 0.1) is 5.92 Å². The van der Waals surface area contributed by atoms with Crippen LogP contribution in [0.1, 0.15) is 32.1 Å². The van der Waals surface area contributed by atoms with Gasteiger partial charge in [-0.25, -0.2) is 12.7 Å². The highest BCUT2D eigenvalue weighted by molar-refractivity contribution is 7.89. The zero-order chi connectivity index (χ0) is 16.7. The van der Waals surface area contributed by atoms with Crippen molar-refractivity contribution < 1.29 is 17.9 Å². The predicted octanol–water partition coefficient (Wildman–Crippen LogP) is 0.355. The van der Waals surface area contributed by atoms with Crippen molar-refractivity contribution >= 4 is 28.3 Å². The first kappa shape index (κ1) is 21.6. The third-order valence-corrected chi connectivity index (χ3v) is 6.49. The first-order valence-electron chi connectivity index (χ1n) is 8.51. The van der Waals surface area contributed by atoms with Crippen LogP contribution in [0.25, 0.3) is 0 Å². The summed E-state index contributed by atoms with van der Waals surface area (Å²) in [5.41, 5.74) is 0. The number of carbonyl (C=O) groups excluding carboxylic acids is 1. The van der Waals surface area contributed by atoms with E-state index in [1.54, 1.807) is 11.4 Å². The van der Waals surface area contributed by atoms with Gasteiger partial charge in [0.25, 0.3) is 0 Å². The number of nitrogens with zero attached hydrogens (tertiary/aromatic N) is 1. The molecule has 0 radical (unpaired) electrons. The highest BCUT2D eigenvalue weighted by Gasteiger charge is 2.29. The van der Waals surface area contributed by atoms with E-state index in [1.165, 1.54) is 0 Å². The maximum Gasteiger partial charge on any atom is 0.237 e. The zero-order valence-electron chi connectivity index (χ0n) is 14.3. The van der Waals surface area contributed by atoms with Gasteiger partial charge in [0.05, 0.1) is 11.8 Å². The largest absolute Gasteiger partial charge is 0.385 e. The minimum Gasteiger partial charge on any atom is -0.385 e. The summed E-state index contributed by atoms with van der Waals surface area (Å²) in [4.78, 5) is 12.0. The van der Waals surface area contributed by atoms with E-state index in [0.29, 0.717) is 32.7 Å². The molecule has 0 aliphatic carbocycles. The Labute approximate surface area is 151 Å². The second-order valence-electron chi connectivity index (χ2n) is 6.42. The molecule has 2 heterocycles. The Hall–Kier alpha value is -0.410. The Kier molecular flexibility index (Phi) is 9.51. The number of methoxy groups -OCH3 is 1. The van der Waals surface area contributed by atoms with Gasteiger partial charge in [-0.1, -0.05) is 0 Å². The molecular formula is C15H30ClN3O4S. The average Bonchev–Trinajstić information content (AvgIpc) is 3.07. The minimum atomic E-state index is -3.21. The first-order valence-corrected chi connectivity index (χ1v) is 10.1. The highest BCUT2D eigenvalue weighted by atomic mass is 35.5. The van der Waals surface area contributed by atoms with Gasteiger partial charge in [-0.05, 0) is 44.6 Å². The summed E-state index contributed by atoms with van der Waals surface area (Å²) in [6, 6.07) is -0.0764. The molecular weight excluding hydrogens is 354 g/mol. The van der Waals surface area contributed by atoms with E-state index in [9.17, 15) is 13.2 Å². The maximum absolute atomic E-state index is 12.3. The van der Waals surface area contributed by atoms with Crippen LogP contribution >= 0.6 is 12.4 Å². The van der Waals surface area contributed by atoms with Crippen molar-refractivity contribution in [1.29, 1.82) is 0 Å². The van der Waals surface area contributed by atoms with Gasteiger partial charge >= 0.3 is 0 Å². The Morgan fingerprint density at radius 1 is 1.33 bits per heavy atom. The lowest BCUT2D eigenvalue weighted by Gasteiger charge is -2.32. The standard InChI is InChI=1S/C15H29N3O4S.ClH/c1-22-9-4-10-23(20,21)18-8-3-5-13(12-18)11-17-15(19)14-6-2-7-16-14;/h13-14,16H,2-12H2,1H3,(H,17,19);1H. The van der Waals surface area contributed by atoms with Crippen LogP contribution in [0.3, 0.4) is 0 Å². The summed E-state index contributed by atoms with van der Waals surface area (Å²) in [7, 11) is -1.64. The molecule has 0 spiro atoms. The van der Waals surface area contributed by atoms with E-state index >= 15 is 0 Å². The quantitative estimate of drug-likeness (QED) is 0.591. The average molecular weight is 384 g/mol. The van der Waals surface area contributed by atoms with Gasteiger partial charge in [-0.3, -0.25) is 4.79 Å². The summed E-state index contributed by atoms with van der Waals surface area (Å²) < 4.78 is 31.2. The molecule has 2 unspecified atom stereocenters. The van der Waals surface area contributed by atoms with Gasteiger partial charge < -0.3 is 15.4 Å². The van der Waals surface area contributed by atoms with E-state index in [1.807, 2.05) is 0 Å². The molecule has 1 amide bonds. The van der Waals surface area contributed by atoms with Crippen LogP contribution < -0.4 is 10.6 Å². The number of ether oxygens (including phenoxy) is 1. The van der Waals surface area contributed by atoms with Gasteiger partial charge in [0.2, 0.25) is 15.9 Å². The molecule has 0 aromatic rings. The number of hydrogen-bond donors (Lipinski definition) is 2. The van der Waals surface area contributed by atoms with Crippen molar-refractivity contribution in [2.24, 2.45) is 5.92 Å². The van der Waals surface area contributed by atoms with Crippen LogP contribution in [0.2, 0.25) is 0 Å². The van der Waals surface area contributed by atoms with Crippen molar-refractivity contribution in [2.45, 2.75) is 38.1 Å². The zero-order valence-corrected chi connectivity index (χ0v) is 16.0.